The van der Waals surface area contributed by atoms with Crippen molar-refractivity contribution in [2.45, 2.75) is 26.3 Å². The molecule has 1 atom stereocenters. The van der Waals surface area contributed by atoms with Gasteiger partial charge in [-0.2, -0.15) is 0 Å². The molecular weight excluding hydrogens is 282 g/mol. The molecule has 8 heteroatoms. The molecule has 0 radical (unpaired) electrons. The number of rotatable bonds is 6. The summed E-state index contributed by atoms with van der Waals surface area (Å²) in [5, 5.41) is 17.6. The van der Waals surface area contributed by atoms with Gasteiger partial charge in [0.2, 0.25) is 10.1 Å². The molecule has 0 aliphatic carbocycles. The zero-order valence-corrected chi connectivity index (χ0v) is 12.3. The normalized spacial score (nSPS) is 12.1. The highest BCUT2D eigenvalue weighted by molar-refractivity contribution is 7.17. The number of thiazole rings is 1. The average molecular weight is 297 g/mol. The van der Waals surface area contributed by atoms with E-state index >= 15 is 0 Å². The van der Waals surface area contributed by atoms with E-state index in [1.54, 1.807) is 6.20 Å². The first-order chi connectivity index (χ1) is 9.20. The Morgan fingerprint density at radius 1 is 1.47 bits per heavy atom. The molecule has 2 N–H and O–H groups in total. The molecule has 2 rings (SSSR count). The monoisotopic (exact) mass is 297 g/mol. The van der Waals surface area contributed by atoms with E-state index in [9.17, 15) is 4.79 Å². The molecule has 102 valence electrons. The van der Waals surface area contributed by atoms with Gasteiger partial charge in [-0.15, -0.1) is 21.5 Å². The number of nitrogens with one attached hydrogen (secondary N) is 2. The summed E-state index contributed by atoms with van der Waals surface area (Å²) in [7, 11) is 0. The third kappa shape index (κ3) is 3.71. The van der Waals surface area contributed by atoms with E-state index in [-0.39, 0.29) is 11.9 Å². The molecule has 0 saturated carbocycles. The molecule has 0 spiro atoms. The first kappa shape index (κ1) is 13.9. The van der Waals surface area contributed by atoms with E-state index in [2.05, 4.69) is 32.7 Å². The van der Waals surface area contributed by atoms with Crippen molar-refractivity contribution in [3.8, 4) is 0 Å². The van der Waals surface area contributed by atoms with Crippen LogP contribution in [0.3, 0.4) is 0 Å². The topological polar surface area (TPSA) is 79.8 Å². The van der Waals surface area contributed by atoms with Gasteiger partial charge in [0.15, 0.2) is 0 Å². The minimum atomic E-state index is -0.218. The molecule has 0 aliphatic heterocycles. The predicted octanol–water partition coefficient (Wildman–Crippen LogP) is 2.31. The maximum Gasteiger partial charge on any atom is 0.282 e. The minimum Gasteiger partial charge on any atom is -0.360 e. The van der Waals surface area contributed by atoms with Gasteiger partial charge in [-0.1, -0.05) is 18.3 Å². The number of aromatic nitrogens is 3. The number of carbonyl (C=O) groups excluding carboxylic acids is 1. The van der Waals surface area contributed by atoms with Crippen LogP contribution in [0.2, 0.25) is 0 Å². The molecule has 0 saturated heterocycles. The van der Waals surface area contributed by atoms with Crippen molar-refractivity contribution >= 4 is 33.7 Å². The van der Waals surface area contributed by atoms with Crippen LogP contribution in [0, 0.1) is 0 Å². The number of amides is 1. The van der Waals surface area contributed by atoms with Crippen LogP contribution in [-0.2, 0) is 0 Å². The fourth-order valence-electron chi connectivity index (χ4n) is 1.39. The van der Waals surface area contributed by atoms with Crippen molar-refractivity contribution in [2.24, 2.45) is 0 Å². The molecule has 2 aromatic heterocycles. The largest absolute Gasteiger partial charge is 0.360 e. The van der Waals surface area contributed by atoms with Crippen molar-refractivity contribution in [2.75, 3.05) is 11.9 Å². The smallest absolute Gasteiger partial charge is 0.282 e. The Labute approximate surface area is 119 Å². The van der Waals surface area contributed by atoms with Crippen molar-refractivity contribution in [1.82, 2.24) is 20.5 Å². The Bertz CT molecular complexity index is 525. The third-order valence-electron chi connectivity index (χ3n) is 2.31. The van der Waals surface area contributed by atoms with Crippen molar-refractivity contribution in [3.05, 3.63) is 21.6 Å². The number of carbonyl (C=O) groups is 1. The Hall–Kier alpha value is -1.54. The second kappa shape index (κ2) is 6.58. The molecule has 2 heterocycles. The highest BCUT2D eigenvalue weighted by Gasteiger charge is 2.17. The molecule has 0 fully saturated rings. The van der Waals surface area contributed by atoms with Gasteiger partial charge < -0.3 is 10.6 Å². The van der Waals surface area contributed by atoms with E-state index in [1.165, 1.54) is 22.7 Å². The molecule has 0 bridgehead atoms. The van der Waals surface area contributed by atoms with Crippen LogP contribution in [-0.4, -0.2) is 27.6 Å². The maximum atomic E-state index is 12.0. The Morgan fingerprint density at radius 3 is 3.00 bits per heavy atom. The Balaban J connectivity index is 1.94. The van der Waals surface area contributed by atoms with E-state index in [0.717, 1.165) is 18.0 Å². The minimum absolute atomic E-state index is 0.122. The number of nitrogens with zero attached hydrogens (tertiary/aromatic N) is 3. The lowest BCUT2D eigenvalue weighted by atomic mass is 10.3. The summed E-state index contributed by atoms with van der Waals surface area (Å²) in [5.41, 5.74) is 0. The zero-order valence-electron chi connectivity index (χ0n) is 10.7. The standard InChI is InChI=1S/C11H15N5OS2/c1-3-4-13-11-16-15-10(19-11)8(17)14-7(2)9-12-5-6-18-9/h5-7H,3-4H2,1-2H3,(H,13,16)(H,14,17). The summed E-state index contributed by atoms with van der Waals surface area (Å²) < 4.78 is 0. The van der Waals surface area contributed by atoms with Gasteiger partial charge in [0, 0.05) is 18.1 Å². The highest BCUT2D eigenvalue weighted by Crippen LogP contribution is 2.18. The number of hydrogen-bond donors (Lipinski definition) is 2. The number of anilines is 1. The highest BCUT2D eigenvalue weighted by atomic mass is 32.1. The van der Waals surface area contributed by atoms with E-state index < -0.39 is 0 Å². The van der Waals surface area contributed by atoms with Gasteiger partial charge in [0.1, 0.15) is 5.01 Å². The third-order valence-corrected chi connectivity index (χ3v) is 4.15. The molecule has 1 unspecified atom stereocenters. The quantitative estimate of drug-likeness (QED) is 0.855. The summed E-state index contributed by atoms with van der Waals surface area (Å²) in [6.07, 6.45) is 2.72. The van der Waals surface area contributed by atoms with Crippen LogP contribution in [0.5, 0.6) is 0 Å². The van der Waals surface area contributed by atoms with Crippen molar-refractivity contribution in [1.29, 1.82) is 0 Å². The average Bonchev–Trinajstić information content (AvgIpc) is 3.07. The lowest BCUT2D eigenvalue weighted by molar-refractivity contribution is 0.0938. The zero-order chi connectivity index (χ0) is 13.7. The van der Waals surface area contributed by atoms with Crippen LogP contribution in [0.4, 0.5) is 5.13 Å². The molecule has 0 aliphatic rings. The van der Waals surface area contributed by atoms with Gasteiger partial charge in [-0.05, 0) is 13.3 Å². The van der Waals surface area contributed by atoms with Gasteiger partial charge in [-0.3, -0.25) is 4.79 Å². The predicted molar refractivity (Wildman–Crippen MR) is 76.7 cm³/mol. The maximum absolute atomic E-state index is 12.0. The molecule has 2 aromatic rings. The van der Waals surface area contributed by atoms with Crippen LogP contribution in [0.1, 0.15) is 41.1 Å². The Morgan fingerprint density at radius 2 is 2.32 bits per heavy atom. The van der Waals surface area contributed by atoms with Crippen molar-refractivity contribution in [3.63, 3.8) is 0 Å². The molecule has 0 aromatic carbocycles. The van der Waals surface area contributed by atoms with Gasteiger partial charge in [0.25, 0.3) is 5.91 Å². The van der Waals surface area contributed by atoms with Gasteiger partial charge in [-0.25, -0.2) is 4.98 Å². The first-order valence-electron chi connectivity index (χ1n) is 5.98. The van der Waals surface area contributed by atoms with E-state index in [0.29, 0.717) is 10.1 Å². The summed E-state index contributed by atoms with van der Waals surface area (Å²) >= 11 is 2.77. The summed E-state index contributed by atoms with van der Waals surface area (Å²) in [5.74, 6) is -0.218. The van der Waals surface area contributed by atoms with E-state index in [1.807, 2.05) is 12.3 Å². The van der Waals surface area contributed by atoms with Gasteiger partial charge in [0.05, 0.1) is 6.04 Å². The van der Waals surface area contributed by atoms with Crippen LogP contribution < -0.4 is 10.6 Å². The fourth-order valence-corrected chi connectivity index (χ4v) is 2.71. The Kier molecular flexibility index (Phi) is 4.80. The summed E-state index contributed by atoms with van der Waals surface area (Å²) in [4.78, 5) is 16.2. The molecular formula is C11H15N5OS2. The van der Waals surface area contributed by atoms with Crippen LogP contribution >= 0.6 is 22.7 Å². The van der Waals surface area contributed by atoms with Crippen LogP contribution in [0.25, 0.3) is 0 Å². The lowest BCUT2D eigenvalue weighted by Gasteiger charge is -2.08. The molecule has 6 nitrogen and oxygen atoms in total. The molecule has 19 heavy (non-hydrogen) atoms. The second-order valence-electron chi connectivity index (χ2n) is 3.90. The summed E-state index contributed by atoms with van der Waals surface area (Å²) in [6, 6.07) is -0.122. The second-order valence-corrected chi connectivity index (χ2v) is 5.81. The van der Waals surface area contributed by atoms with Gasteiger partial charge >= 0.3 is 0 Å². The van der Waals surface area contributed by atoms with Crippen LogP contribution in [0.15, 0.2) is 11.6 Å². The number of hydrogen-bond acceptors (Lipinski definition) is 7. The van der Waals surface area contributed by atoms with Crippen molar-refractivity contribution < 1.29 is 4.79 Å². The first-order valence-corrected chi connectivity index (χ1v) is 7.68. The van der Waals surface area contributed by atoms with E-state index in [4.69, 9.17) is 0 Å². The molecule has 1 amide bonds. The summed E-state index contributed by atoms with van der Waals surface area (Å²) in [6.45, 7) is 4.79. The lowest BCUT2D eigenvalue weighted by Crippen LogP contribution is -2.26. The SMILES string of the molecule is CCCNc1nnc(C(=O)NC(C)c2nccs2)s1. The fraction of sp³-hybridized carbons (Fsp3) is 0.455.